The fourth-order valence-corrected chi connectivity index (χ4v) is 1.69. The first-order valence-electron chi connectivity index (χ1n) is 5.22. The molecule has 1 heterocycles. The molecule has 0 aromatic rings. The van der Waals surface area contributed by atoms with Gasteiger partial charge in [0.1, 0.15) is 24.4 Å². The van der Waals surface area contributed by atoms with Gasteiger partial charge < -0.3 is 35.8 Å². The van der Waals surface area contributed by atoms with Gasteiger partial charge in [0, 0.05) is 6.92 Å². The molecular weight excluding hydrogens is 248 g/mol. The van der Waals surface area contributed by atoms with Crippen LogP contribution in [0.1, 0.15) is 6.92 Å². The molecule has 1 saturated heterocycles. The molecule has 9 heteroatoms. The number of nitrogens with one attached hydrogen (secondary N) is 1. The third-order valence-electron chi connectivity index (χ3n) is 2.48. The first-order chi connectivity index (χ1) is 8.36. The minimum atomic E-state index is -1.47. The number of amides is 2. The van der Waals surface area contributed by atoms with Crippen molar-refractivity contribution in [3.05, 3.63) is 0 Å². The standard InChI is InChI=1S/C9H16N2O7/c1-3(13)11-5-7(15)6(14)4(2-12)17-8(5)18-9(10)16/h4-8,12,14-15H,2H2,1H3,(H2,10,16)(H,11,13)/t4-,5-,6-,7-,8?/m1/s1. The molecule has 1 fully saturated rings. The third kappa shape index (κ3) is 3.29. The van der Waals surface area contributed by atoms with Gasteiger partial charge in [0.05, 0.1) is 6.61 Å². The van der Waals surface area contributed by atoms with E-state index in [4.69, 9.17) is 15.6 Å². The van der Waals surface area contributed by atoms with Crippen LogP contribution >= 0.6 is 0 Å². The Bertz CT molecular complexity index is 324. The quantitative estimate of drug-likeness (QED) is 0.365. The minimum Gasteiger partial charge on any atom is -0.417 e. The highest BCUT2D eigenvalue weighted by Gasteiger charge is 2.46. The van der Waals surface area contributed by atoms with E-state index in [1.807, 2.05) is 0 Å². The molecule has 1 aliphatic rings. The molecule has 1 unspecified atom stereocenters. The second-order valence-corrected chi connectivity index (χ2v) is 3.87. The van der Waals surface area contributed by atoms with E-state index in [0.29, 0.717) is 0 Å². The second kappa shape index (κ2) is 5.96. The van der Waals surface area contributed by atoms with Gasteiger partial charge in [-0.2, -0.15) is 0 Å². The van der Waals surface area contributed by atoms with Crippen molar-refractivity contribution in [2.45, 2.75) is 37.6 Å². The third-order valence-corrected chi connectivity index (χ3v) is 2.48. The molecule has 2 amide bonds. The topological polar surface area (TPSA) is 151 Å². The van der Waals surface area contributed by atoms with Gasteiger partial charge in [0.25, 0.3) is 0 Å². The highest BCUT2D eigenvalue weighted by Crippen LogP contribution is 2.22. The number of nitrogens with two attached hydrogens (primary N) is 1. The lowest BCUT2D eigenvalue weighted by atomic mass is 9.97. The SMILES string of the molecule is CC(=O)N[C@H]1C(OC(N)=O)O[C@H](CO)[C@@H](O)[C@@H]1O. The van der Waals surface area contributed by atoms with Gasteiger partial charge >= 0.3 is 6.09 Å². The second-order valence-electron chi connectivity index (χ2n) is 3.87. The molecule has 1 aliphatic heterocycles. The molecule has 1 rings (SSSR count). The lowest BCUT2D eigenvalue weighted by Gasteiger charge is -2.41. The van der Waals surface area contributed by atoms with Gasteiger partial charge in [-0.1, -0.05) is 0 Å². The van der Waals surface area contributed by atoms with Gasteiger partial charge in [0.2, 0.25) is 12.2 Å². The number of aliphatic hydroxyl groups is 3. The van der Waals surface area contributed by atoms with Crippen molar-refractivity contribution in [2.24, 2.45) is 5.73 Å². The summed E-state index contributed by atoms with van der Waals surface area (Å²) in [6.45, 7) is 0.586. The zero-order valence-electron chi connectivity index (χ0n) is 9.65. The average molecular weight is 264 g/mol. The first-order valence-corrected chi connectivity index (χ1v) is 5.22. The molecule has 0 saturated carbocycles. The van der Waals surface area contributed by atoms with Gasteiger partial charge in [0.15, 0.2) is 0 Å². The summed E-state index contributed by atoms with van der Waals surface area (Å²) >= 11 is 0. The van der Waals surface area contributed by atoms with Crippen LogP contribution in [0.3, 0.4) is 0 Å². The van der Waals surface area contributed by atoms with E-state index in [0.717, 1.165) is 0 Å². The minimum absolute atomic E-state index is 0.518. The highest BCUT2D eigenvalue weighted by molar-refractivity contribution is 5.73. The van der Waals surface area contributed by atoms with Crippen molar-refractivity contribution in [1.82, 2.24) is 5.32 Å². The largest absolute Gasteiger partial charge is 0.417 e. The van der Waals surface area contributed by atoms with Crippen molar-refractivity contribution in [3.63, 3.8) is 0 Å². The number of aliphatic hydroxyl groups excluding tert-OH is 3. The van der Waals surface area contributed by atoms with Gasteiger partial charge in [-0.15, -0.1) is 0 Å². The summed E-state index contributed by atoms with van der Waals surface area (Å²) in [4.78, 5) is 21.6. The summed E-state index contributed by atoms with van der Waals surface area (Å²) in [6, 6.07) is -1.17. The molecular formula is C9H16N2O7. The van der Waals surface area contributed by atoms with Crippen molar-refractivity contribution in [2.75, 3.05) is 6.61 Å². The van der Waals surface area contributed by atoms with Crippen LogP contribution in [-0.2, 0) is 14.3 Å². The molecule has 0 aliphatic carbocycles. The lowest BCUT2D eigenvalue weighted by Crippen LogP contribution is -2.65. The van der Waals surface area contributed by atoms with Crippen LogP contribution in [-0.4, -0.2) is 64.6 Å². The summed E-state index contributed by atoms with van der Waals surface area (Å²) in [5.74, 6) is -0.518. The molecule has 0 radical (unpaired) electrons. The number of carbonyl (C=O) groups is 2. The summed E-state index contributed by atoms with van der Waals surface area (Å²) in [7, 11) is 0. The predicted octanol–water partition coefficient (Wildman–Crippen LogP) is -2.97. The van der Waals surface area contributed by atoms with Gasteiger partial charge in [-0.3, -0.25) is 4.79 Å². The van der Waals surface area contributed by atoms with Crippen LogP contribution < -0.4 is 11.1 Å². The number of hydrogen-bond donors (Lipinski definition) is 5. The zero-order chi connectivity index (χ0) is 13.9. The maximum atomic E-state index is 11.0. The zero-order valence-corrected chi connectivity index (χ0v) is 9.65. The first kappa shape index (κ1) is 14.6. The van der Waals surface area contributed by atoms with E-state index in [1.165, 1.54) is 6.92 Å². The maximum absolute atomic E-state index is 11.0. The van der Waals surface area contributed by atoms with E-state index >= 15 is 0 Å². The lowest BCUT2D eigenvalue weighted by molar-refractivity contribution is -0.251. The van der Waals surface area contributed by atoms with Crippen LogP contribution in [0, 0.1) is 0 Å². The van der Waals surface area contributed by atoms with Crippen LogP contribution in [0.4, 0.5) is 4.79 Å². The Kier molecular flexibility index (Phi) is 4.84. The molecule has 9 nitrogen and oxygen atoms in total. The Hall–Kier alpha value is -1.42. The molecule has 104 valence electrons. The summed E-state index contributed by atoms with van der Waals surface area (Å²) in [5.41, 5.74) is 4.82. The number of primary amides is 1. The fourth-order valence-electron chi connectivity index (χ4n) is 1.69. The molecule has 18 heavy (non-hydrogen) atoms. The van der Waals surface area contributed by atoms with Crippen LogP contribution in [0.5, 0.6) is 0 Å². The molecule has 0 aromatic heterocycles. The van der Waals surface area contributed by atoms with E-state index in [-0.39, 0.29) is 0 Å². The van der Waals surface area contributed by atoms with E-state index < -0.39 is 49.3 Å². The Morgan fingerprint density at radius 3 is 2.44 bits per heavy atom. The maximum Gasteiger partial charge on any atom is 0.406 e. The number of ether oxygens (including phenoxy) is 2. The smallest absolute Gasteiger partial charge is 0.406 e. The molecule has 0 spiro atoms. The Morgan fingerprint density at radius 1 is 1.39 bits per heavy atom. The normalized spacial score (nSPS) is 35.9. The van der Waals surface area contributed by atoms with Crippen LogP contribution in [0.15, 0.2) is 0 Å². The number of rotatable bonds is 3. The van der Waals surface area contributed by atoms with E-state index in [2.05, 4.69) is 10.1 Å². The van der Waals surface area contributed by atoms with Crippen molar-refractivity contribution >= 4 is 12.0 Å². The Balaban J connectivity index is 2.86. The number of carbonyl (C=O) groups excluding carboxylic acids is 2. The van der Waals surface area contributed by atoms with Gasteiger partial charge in [-0.05, 0) is 0 Å². The number of hydrogen-bond acceptors (Lipinski definition) is 7. The van der Waals surface area contributed by atoms with Crippen molar-refractivity contribution in [1.29, 1.82) is 0 Å². The van der Waals surface area contributed by atoms with E-state index in [1.54, 1.807) is 0 Å². The summed E-state index contributed by atoms with van der Waals surface area (Å²) in [6.07, 6.45) is -6.60. The molecule has 0 bridgehead atoms. The predicted molar refractivity (Wildman–Crippen MR) is 56.0 cm³/mol. The molecule has 5 atom stereocenters. The van der Waals surface area contributed by atoms with Crippen molar-refractivity contribution in [3.8, 4) is 0 Å². The Morgan fingerprint density at radius 2 is 2.00 bits per heavy atom. The highest BCUT2D eigenvalue weighted by atomic mass is 16.7. The molecule has 6 N–H and O–H groups in total. The van der Waals surface area contributed by atoms with Crippen LogP contribution in [0.2, 0.25) is 0 Å². The van der Waals surface area contributed by atoms with Gasteiger partial charge in [-0.25, -0.2) is 4.79 Å². The molecule has 0 aromatic carbocycles. The fraction of sp³-hybridized carbons (Fsp3) is 0.778. The van der Waals surface area contributed by atoms with Crippen LogP contribution in [0.25, 0.3) is 0 Å². The summed E-state index contributed by atoms with van der Waals surface area (Å²) in [5, 5.41) is 30.6. The average Bonchev–Trinajstić information content (AvgIpc) is 2.27. The Labute approximate surface area is 102 Å². The summed E-state index contributed by atoms with van der Waals surface area (Å²) < 4.78 is 9.62. The van der Waals surface area contributed by atoms with Crippen molar-refractivity contribution < 1.29 is 34.4 Å². The van der Waals surface area contributed by atoms with E-state index in [9.17, 15) is 19.8 Å². The monoisotopic (exact) mass is 264 g/mol.